The molecule has 2 aromatic heterocycles. The predicted molar refractivity (Wildman–Crippen MR) is 281 cm³/mol. The van der Waals surface area contributed by atoms with Gasteiger partial charge in [0.1, 0.15) is 0 Å². The maximum absolute atomic E-state index is 5.39. The summed E-state index contributed by atoms with van der Waals surface area (Å²) in [6.07, 6.45) is 0. The summed E-state index contributed by atoms with van der Waals surface area (Å²) in [4.78, 5) is 18.2. The van der Waals surface area contributed by atoms with Gasteiger partial charge in [-0.25, -0.2) is 4.98 Å². The molecule has 0 radical (unpaired) electrons. The van der Waals surface area contributed by atoms with Crippen molar-refractivity contribution in [2.75, 3.05) is 4.90 Å². The first kappa shape index (κ1) is 40.3. The molecule has 0 saturated heterocycles. The van der Waals surface area contributed by atoms with E-state index in [4.69, 9.17) is 15.0 Å². The Morgan fingerprint density at radius 2 is 0.618 bits per heavy atom. The maximum Gasteiger partial charge on any atom is 0.238 e. The van der Waals surface area contributed by atoms with Gasteiger partial charge < -0.3 is 4.90 Å². The maximum atomic E-state index is 5.39. The molecule has 0 aliphatic heterocycles. The SMILES string of the molecule is c1ccc(-c2ccc(-c3ccc(N(c4ccccc4)c4ccc5c6ccc(-c7ccccc7)cc6n(-c6nc(-c7ccccc7)nc(-c7cccc(-c8ccccc8)c7)n6)c5c4)cc3)cc2)cc1. The summed E-state index contributed by atoms with van der Waals surface area (Å²) in [6.45, 7) is 0. The third-order valence-corrected chi connectivity index (χ3v) is 12.7. The van der Waals surface area contributed by atoms with Gasteiger partial charge in [0.15, 0.2) is 11.6 Å². The Kier molecular flexibility index (Phi) is 10.5. The summed E-state index contributed by atoms with van der Waals surface area (Å²) in [6, 6.07) is 91.9. The van der Waals surface area contributed by atoms with Crippen molar-refractivity contribution < 1.29 is 0 Å². The van der Waals surface area contributed by atoms with Crippen molar-refractivity contribution in [2.24, 2.45) is 0 Å². The van der Waals surface area contributed by atoms with Crippen LogP contribution in [0.15, 0.2) is 261 Å². The summed E-state index contributed by atoms with van der Waals surface area (Å²) < 4.78 is 2.23. The van der Waals surface area contributed by atoms with Crippen LogP contribution in [0.3, 0.4) is 0 Å². The van der Waals surface area contributed by atoms with E-state index in [-0.39, 0.29) is 0 Å². The number of aromatic nitrogens is 4. The van der Waals surface area contributed by atoms with Gasteiger partial charge >= 0.3 is 0 Å². The van der Waals surface area contributed by atoms with E-state index in [9.17, 15) is 0 Å². The lowest BCUT2D eigenvalue weighted by atomic mass is 10.00. The van der Waals surface area contributed by atoms with Crippen molar-refractivity contribution in [3.8, 4) is 73.2 Å². The Labute approximate surface area is 395 Å². The third-order valence-electron chi connectivity index (χ3n) is 12.7. The molecule has 0 spiro atoms. The Hall–Kier alpha value is -9.19. The van der Waals surface area contributed by atoms with Crippen LogP contribution in [0, 0.1) is 0 Å². The number of rotatable bonds is 10. The van der Waals surface area contributed by atoms with Crippen molar-refractivity contribution in [2.45, 2.75) is 0 Å². The highest BCUT2D eigenvalue weighted by molar-refractivity contribution is 6.11. The molecule has 5 nitrogen and oxygen atoms in total. The quantitative estimate of drug-likeness (QED) is 0.137. The van der Waals surface area contributed by atoms with Gasteiger partial charge in [-0.15, -0.1) is 0 Å². The molecule has 320 valence electrons. The predicted octanol–water partition coefficient (Wildman–Crippen LogP) is 16.4. The average Bonchev–Trinajstić information content (AvgIpc) is 3.75. The smallest absolute Gasteiger partial charge is 0.238 e. The molecule has 12 aromatic rings. The summed E-state index contributed by atoms with van der Waals surface area (Å²) in [5, 5.41) is 2.20. The van der Waals surface area contributed by atoms with Crippen LogP contribution in [0.4, 0.5) is 17.1 Å². The van der Waals surface area contributed by atoms with E-state index in [1.165, 1.54) is 16.7 Å². The average molecular weight is 870 g/mol. The number of anilines is 3. The molecule has 2 heterocycles. The highest BCUT2D eigenvalue weighted by Crippen LogP contribution is 2.41. The normalized spacial score (nSPS) is 11.2. The summed E-state index contributed by atoms with van der Waals surface area (Å²) in [7, 11) is 0. The van der Waals surface area contributed by atoms with Crippen LogP contribution >= 0.6 is 0 Å². The molecule has 0 aliphatic carbocycles. The topological polar surface area (TPSA) is 46.8 Å². The zero-order valence-corrected chi connectivity index (χ0v) is 37.1. The highest BCUT2D eigenvalue weighted by Gasteiger charge is 2.21. The van der Waals surface area contributed by atoms with E-state index in [0.717, 1.165) is 77.8 Å². The van der Waals surface area contributed by atoms with Crippen LogP contribution in [-0.4, -0.2) is 19.5 Å². The molecule has 10 aromatic carbocycles. The van der Waals surface area contributed by atoms with Gasteiger partial charge in [-0.1, -0.05) is 212 Å². The van der Waals surface area contributed by atoms with E-state index < -0.39 is 0 Å². The number of para-hydroxylation sites is 1. The number of hydrogen-bond acceptors (Lipinski definition) is 4. The lowest BCUT2D eigenvalue weighted by molar-refractivity contribution is 0.953. The second-order valence-corrected chi connectivity index (χ2v) is 16.9. The molecular formula is C63H43N5. The second-order valence-electron chi connectivity index (χ2n) is 16.9. The number of nitrogens with zero attached hydrogens (tertiary/aromatic N) is 5. The monoisotopic (exact) mass is 869 g/mol. The van der Waals surface area contributed by atoms with Crippen LogP contribution < -0.4 is 4.90 Å². The van der Waals surface area contributed by atoms with Gasteiger partial charge in [-0.3, -0.25) is 4.57 Å². The van der Waals surface area contributed by atoms with Gasteiger partial charge in [0.05, 0.1) is 11.0 Å². The molecule has 0 unspecified atom stereocenters. The summed E-state index contributed by atoms with van der Waals surface area (Å²) >= 11 is 0. The van der Waals surface area contributed by atoms with Gasteiger partial charge in [-0.05, 0) is 93.0 Å². The fourth-order valence-corrected chi connectivity index (χ4v) is 9.26. The first-order valence-corrected chi connectivity index (χ1v) is 22.9. The Bertz CT molecular complexity index is 3690. The molecule has 0 saturated carbocycles. The van der Waals surface area contributed by atoms with Gasteiger partial charge in [0.25, 0.3) is 0 Å². The van der Waals surface area contributed by atoms with Gasteiger partial charge in [0, 0.05) is 39.0 Å². The Morgan fingerprint density at radius 1 is 0.250 bits per heavy atom. The third kappa shape index (κ3) is 7.78. The second kappa shape index (κ2) is 17.7. The first-order valence-electron chi connectivity index (χ1n) is 22.9. The van der Waals surface area contributed by atoms with E-state index in [0.29, 0.717) is 17.6 Å². The molecule has 0 bridgehead atoms. The molecule has 12 rings (SSSR count). The zero-order chi connectivity index (χ0) is 45.2. The molecule has 0 atom stereocenters. The van der Waals surface area contributed by atoms with Crippen LogP contribution in [0.5, 0.6) is 0 Å². The van der Waals surface area contributed by atoms with Crippen molar-refractivity contribution in [1.82, 2.24) is 19.5 Å². The van der Waals surface area contributed by atoms with Crippen LogP contribution in [-0.2, 0) is 0 Å². The molecule has 0 amide bonds. The van der Waals surface area contributed by atoms with Crippen molar-refractivity contribution in [1.29, 1.82) is 0 Å². The summed E-state index contributed by atoms with van der Waals surface area (Å²) in [5.74, 6) is 1.73. The molecule has 5 heteroatoms. The van der Waals surface area contributed by atoms with Crippen molar-refractivity contribution >= 4 is 38.9 Å². The first-order chi connectivity index (χ1) is 33.7. The highest BCUT2D eigenvalue weighted by atomic mass is 15.2. The van der Waals surface area contributed by atoms with Gasteiger partial charge in [0.2, 0.25) is 5.95 Å². The zero-order valence-electron chi connectivity index (χ0n) is 37.1. The fraction of sp³-hybridized carbons (Fsp3) is 0. The van der Waals surface area contributed by atoms with Crippen LogP contribution in [0.25, 0.3) is 95.0 Å². The lowest BCUT2D eigenvalue weighted by Crippen LogP contribution is -2.10. The molecule has 0 fully saturated rings. The minimum absolute atomic E-state index is 0.537. The Balaban J connectivity index is 1.04. The van der Waals surface area contributed by atoms with E-state index in [1.54, 1.807) is 0 Å². The fourth-order valence-electron chi connectivity index (χ4n) is 9.26. The molecule has 0 N–H and O–H groups in total. The molecule has 0 aliphatic rings. The van der Waals surface area contributed by atoms with E-state index in [1.807, 2.05) is 24.3 Å². The Morgan fingerprint density at radius 3 is 1.19 bits per heavy atom. The van der Waals surface area contributed by atoms with Crippen molar-refractivity contribution in [3.05, 3.63) is 261 Å². The minimum atomic E-state index is 0.537. The van der Waals surface area contributed by atoms with E-state index >= 15 is 0 Å². The minimum Gasteiger partial charge on any atom is -0.310 e. The van der Waals surface area contributed by atoms with Crippen LogP contribution in [0.2, 0.25) is 0 Å². The van der Waals surface area contributed by atoms with Gasteiger partial charge in [-0.2, -0.15) is 9.97 Å². The molecular weight excluding hydrogens is 827 g/mol. The summed E-state index contributed by atoms with van der Waals surface area (Å²) in [5.41, 5.74) is 16.1. The number of hydrogen-bond donors (Lipinski definition) is 0. The number of benzene rings is 10. The van der Waals surface area contributed by atoms with Crippen LogP contribution in [0.1, 0.15) is 0 Å². The van der Waals surface area contributed by atoms with E-state index in [2.05, 4.69) is 246 Å². The van der Waals surface area contributed by atoms with Crippen molar-refractivity contribution in [3.63, 3.8) is 0 Å². The standard InChI is InChI=1S/C63H43N5/c1-6-17-44(18-7-1)47-29-31-48(32-30-47)49-33-36-55(37-34-49)67(54-27-14-5-15-28-54)56-38-40-58-57-39-35-52(46-21-10-3-11-22-46)42-59(57)68(60(58)43-56)63-65-61(50-23-12-4-13-24-50)64-62(66-63)53-26-16-25-51(41-53)45-19-8-2-9-20-45/h1-43H. The lowest BCUT2D eigenvalue weighted by Gasteiger charge is -2.26. The number of fused-ring (bicyclic) bond motifs is 3. The largest absolute Gasteiger partial charge is 0.310 e. The molecule has 68 heavy (non-hydrogen) atoms.